The van der Waals surface area contributed by atoms with Crippen molar-refractivity contribution in [3.8, 4) is 0 Å². The van der Waals surface area contributed by atoms with Gasteiger partial charge in [0.05, 0.1) is 5.75 Å². The molecule has 0 aliphatic carbocycles. The maximum absolute atomic E-state index is 11.7. The van der Waals surface area contributed by atoms with Gasteiger partial charge in [-0.1, -0.05) is 40.2 Å². The molecular formula is C15H13BrN2O2S. The number of halogens is 1. The van der Waals surface area contributed by atoms with Crippen LogP contribution in [0.25, 0.3) is 0 Å². The average molecular weight is 365 g/mol. The van der Waals surface area contributed by atoms with Crippen molar-refractivity contribution in [2.45, 2.75) is 4.90 Å². The quantitative estimate of drug-likeness (QED) is 0.809. The maximum Gasteiger partial charge on any atom is 0.325 e. The fourth-order valence-electron chi connectivity index (χ4n) is 1.55. The summed E-state index contributed by atoms with van der Waals surface area (Å²) in [5, 5.41) is 4.88. The zero-order valence-electron chi connectivity index (χ0n) is 11.0. The van der Waals surface area contributed by atoms with Crippen molar-refractivity contribution in [3.05, 3.63) is 59.1 Å². The van der Waals surface area contributed by atoms with E-state index < -0.39 is 6.03 Å². The molecule has 0 heterocycles. The lowest BCUT2D eigenvalue weighted by Crippen LogP contribution is -2.35. The Kier molecular flexibility index (Phi) is 5.83. The minimum absolute atomic E-state index is 0.179. The Labute approximate surface area is 135 Å². The van der Waals surface area contributed by atoms with Gasteiger partial charge in [-0.15, -0.1) is 11.8 Å². The summed E-state index contributed by atoms with van der Waals surface area (Å²) in [4.78, 5) is 24.3. The molecule has 21 heavy (non-hydrogen) atoms. The van der Waals surface area contributed by atoms with Gasteiger partial charge in [0.2, 0.25) is 5.91 Å². The van der Waals surface area contributed by atoms with E-state index in [2.05, 4.69) is 26.6 Å². The van der Waals surface area contributed by atoms with Gasteiger partial charge in [-0.3, -0.25) is 10.1 Å². The van der Waals surface area contributed by atoms with Crippen LogP contribution in [0, 0.1) is 0 Å². The molecular weight excluding hydrogens is 352 g/mol. The summed E-state index contributed by atoms with van der Waals surface area (Å²) in [5.41, 5.74) is 0.641. The Hall–Kier alpha value is -1.79. The van der Waals surface area contributed by atoms with Crippen LogP contribution in [0.15, 0.2) is 64.0 Å². The highest BCUT2D eigenvalue weighted by atomic mass is 79.9. The summed E-state index contributed by atoms with van der Waals surface area (Å²) in [7, 11) is 0. The fraction of sp³-hybridized carbons (Fsp3) is 0.0667. The van der Waals surface area contributed by atoms with Crippen molar-refractivity contribution >= 4 is 45.3 Å². The molecule has 108 valence electrons. The number of urea groups is 1. The monoisotopic (exact) mass is 364 g/mol. The molecule has 0 unspecified atom stereocenters. The van der Waals surface area contributed by atoms with Gasteiger partial charge in [0.1, 0.15) is 0 Å². The fourth-order valence-corrected chi connectivity index (χ4v) is 2.86. The Balaban J connectivity index is 1.78. The summed E-state index contributed by atoms with van der Waals surface area (Å²) in [6.07, 6.45) is 0. The number of imide groups is 1. The van der Waals surface area contributed by atoms with Crippen molar-refractivity contribution in [1.29, 1.82) is 0 Å². The van der Waals surface area contributed by atoms with E-state index in [1.165, 1.54) is 11.8 Å². The molecule has 4 nitrogen and oxygen atoms in total. The van der Waals surface area contributed by atoms with Crippen molar-refractivity contribution in [3.63, 3.8) is 0 Å². The first-order valence-electron chi connectivity index (χ1n) is 6.18. The molecule has 0 fully saturated rings. The number of rotatable bonds is 4. The van der Waals surface area contributed by atoms with Gasteiger partial charge in [0, 0.05) is 15.1 Å². The molecule has 0 radical (unpaired) electrons. The van der Waals surface area contributed by atoms with Crippen molar-refractivity contribution in [2.75, 3.05) is 11.1 Å². The molecule has 0 aliphatic rings. The van der Waals surface area contributed by atoms with Crippen LogP contribution < -0.4 is 10.6 Å². The molecule has 0 saturated heterocycles. The second-order valence-corrected chi connectivity index (χ2v) is 6.08. The number of carbonyl (C=O) groups is 2. The first-order valence-corrected chi connectivity index (χ1v) is 7.95. The number of amides is 3. The Morgan fingerprint density at radius 2 is 1.81 bits per heavy atom. The first-order chi connectivity index (χ1) is 10.1. The number of thioether (sulfide) groups is 1. The van der Waals surface area contributed by atoms with Gasteiger partial charge in [-0.2, -0.15) is 0 Å². The van der Waals surface area contributed by atoms with Crippen LogP contribution in [0.5, 0.6) is 0 Å². The second-order valence-electron chi connectivity index (χ2n) is 4.11. The maximum atomic E-state index is 11.7. The third-order valence-corrected chi connectivity index (χ3v) is 3.94. The lowest BCUT2D eigenvalue weighted by molar-refractivity contribution is -0.117. The van der Waals surface area contributed by atoms with E-state index in [4.69, 9.17) is 0 Å². The summed E-state index contributed by atoms with van der Waals surface area (Å²) in [6, 6.07) is 16.1. The van der Waals surface area contributed by atoms with E-state index in [9.17, 15) is 9.59 Å². The molecule has 3 amide bonds. The smallest absolute Gasteiger partial charge is 0.308 e. The predicted molar refractivity (Wildman–Crippen MR) is 88.5 cm³/mol. The molecule has 0 aliphatic heterocycles. The van der Waals surface area contributed by atoms with Crippen LogP contribution in [0.1, 0.15) is 0 Å². The Morgan fingerprint density at radius 1 is 1.05 bits per heavy atom. The summed E-state index contributed by atoms with van der Waals surface area (Å²) < 4.78 is 0.953. The number of anilines is 1. The highest BCUT2D eigenvalue weighted by molar-refractivity contribution is 9.10. The van der Waals surface area contributed by atoms with Crippen molar-refractivity contribution in [2.24, 2.45) is 0 Å². The third kappa shape index (κ3) is 5.61. The SMILES string of the molecule is O=C(CSc1cccc(Br)c1)NC(=O)Nc1ccccc1. The number of para-hydroxylation sites is 1. The predicted octanol–water partition coefficient (Wildman–Crippen LogP) is 3.89. The standard InChI is InChI=1S/C15H13BrN2O2S/c16-11-5-4-8-13(9-11)21-10-14(19)18-15(20)17-12-6-2-1-3-7-12/h1-9H,10H2,(H2,17,18,19,20). The first kappa shape index (κ1) is 15.6. The van der Waals surface area contributed by atoms with Crippen LogP contribution in [0.2, 0.25) is 0 Å². The van der Waals surface area contributed by atoms with E-state index in [1.807, 2.05) is 30.3 Å². The van der Waals surface area contributed by atoms with E-state index in [1.54, 1.807) is 24.3 Å². The molecule has 6 heteroatoms. The number of benzene rings is 2. The zero-order chi connectivity index (χ0) is 15.1. The van der Waals surface area contributed by atoms with Gasteiger partial charge in [-0.05, 0) is 30.3 Å². The lowest BCUT2D eigenvalue weighted by atomic mass is 10.3. The van der Waals surface area contributed by atoms with Crippen molar-refractivity contribution < 1.29 is 9.59 Å². The molecule has 0 atom stereocenters. The van der Waals surface area contributed by atoms with Gasteiger partial charge >= 0.3 is 6.03 Å². The molecule has 0 spiro atoms. The highest BCUT2D eigenvalue weighted by Crippen LogP contribution is 2.21. The topological polar surface area (TPSA) is 58.2 Å². The van der Waals surface area contributed by atoms with Crippen LogP contribution in [0.3, 0.4) is 0 Å². The summed E-state index contributed by atoms with van der Waals surface area (Å²) in [6.45, 7) is 0. The van der Waals surface area contributed by atoms with Crippen LogP contribution in [-0.4, -0.2) is 17.7 Å². The summed E-state index contributed by atoms with van der Waals surface area (Å²) in [5.74, 6) is -0.160. The Bertz CT molecular complexity index is 635. The second kappa shape index (κ2) is 7.85. The van der Waals surface area contributed by atoms with Gasteiger partial charge in [-0.25, -0.2) is 4.79 Å². The Morgan fingerprint density at radius 3 is 2.52 bits per heavy atom. The normalized spacial score (nSPS) is 9.95. The van der Waals surface area contributed by atoms with Gasteiger partial charge in [0.15, 0.2) is 0 Å². The van der Waals surface area contributed by atoms with E-state index >= 15 is 0 Å². The number of hydrogen-bond donors (Lipinski definition) is 2. The number of carbonyl (C=O) groups excluding carboxylic acids is 2. The van der Waals surface area contributed by atoms with E-state index in [-0.39, 0.29) is 11.7 Å². The summed E-state index contributed by atoms with van der Waals surface area (Å²) >= 11 is 4.74. The molecule has 0 aromatic heterocycles. The number of hydrogen-bond acceptors (Lipinski definition) is 3. The molecule has 0 saturated carbocycles. The van der Waals surface area contributed by atoms with Crippen LogP contribution in [0.4, 0.5) is 10.5 Å². The number of nitrogens with one attached hydrogen (secondary N) is 2. The van der Waals surface area contributed by atoms with Crippen molar-refractivity contribution in [1.82, 2.24) is 5.32 Å². The third-order valence-electron chi connectivity index (χ3n) is 2.45. The highest BCUT2D eigenvalue weighted by Gasteiger charge is 2.08. The minimum Gasteiger partial charge on any atom is -0.308 e. The molecule has 2 N–H and O–H groups in total. The lowest BCUT2D eigenvalue weighted by Gasteiger charge is -2.06. The van der Waals surface area contributed by atoms with Crippen LogP contribution >= 0.6 is 27.7 Å². The minimum atomic E-state index is -0.527. The molecule has 0 bridgehead atoms. The zero-order valence-corrected chi connectivity index (χ0v) is 13.4. The van der Waals surface area contributed by atoms with Crippen LogP contribution in [-0.2, 0) is 4.79 Å². The average Bonchev–Trinajstić information content (AvgIpc) is 2.46. The molecule has 2 aromatic rings. The van der Waals surface area contributed by atoms with E-state index in [0.29, 0.717) is 5.69 Å². The van der Waals surface area contributed by atoms with Gasteiger partial charge < -0.3 is 5.32 Å². The molecule has 2 aromatic carbocycles. The van der Waals surface area contributed by atoms with E-state index in [0.717, 1.165) is 9.37 Å². The largest absolute Gasteiger partial charge is 0.325 e. The van der Waals surface area contributed by atoms with Gasteiger partial charge in [0.25, 0.3) is 0 Å². The molecule has 2 rings (SSSR count).